The molecule has 0 radical (unpaired) electrons. The number of piperidine rings is 1. The van der Waals surface area contributed by atoms with Crippen molar-refractivity contribution in [2.75, 3.05) is 20.2 Å². The van der Waals surface area contributed by atoms with Crippen LogP contribution in [-0.4, -0.2) is 37.1 Å². The Morgan fingerprint density at radius 1 is 1.21 bits per heavy atom. The van der Waals surface area contributed by atoms with Gasteiger partial charge in [0, 0.05) is 25.8 Å². The number of rotatable bonds is 3. The summed E-state index contributed by atoms with van der Waals surface area (Å²) >= 11 is 0. The highest BCUT2D eigenvalue weighted by Gasteiger charge is 2.23. The summed E-state index contributed by atoms with van der Waals surface area (Å²) in [6, 6.07) is 8.00. The van der Waals surface area contributed by atoms with Crippen molar-refractivity contribution in [1.29, 1.82) is 0 Å². The molecule has 3 nitrogen and oxygen atoms in total. The number of carbonyl (C=O) groups is 1. The van der Waals surface area contributed by atoms with Gasteiger partial charge in [0.15, 0.2) is 0 Å². The maximum atomic E-state index is 12.4. The van der Waals surface area contributed by atoms with Gasteiger partial charge in [0.25, 0.3) is 5.91 Å². The van der Waals surface area contributed by atoms with E-state index in [4.69, 9.17) is 4.74 Å². The van der Waals surface area contributed by atoms with Crippen LogP contribution in [0.3, 0.4) is 0 Å². The first-order chi connectivity index (χ1) is 9.11. The molecular formula is C16H23NO2. The molecule has 1 amide bonds. The van der Waals surface area contributed by atoms with E-state index >= 15 is 0 Å². The van der Waals surface area contributed by atoms with Gasteiger partial charge < -0.3 is 9.64 Å². The lowest BCUT2D eigenvalue weighted by Crippen LogP contribution is -2.40. The van der Waals surface area contributed by atoms with Crippen LogP contribution in [0.15, 0.2) is 24.3 Å². The summed E-state index contributed by atoms with van der Waals surface area (Å²) in [5.41, 5.74) is 2.06. The largest absolute Gasteiger partial charge is 0.381 e. The third kappa shape index (κ3) is 3.35. The minimum Gasteiger partial charge on any atom is -0.381 e. The Bertz CT molecular complexity index is 417. The molecule has 0 bridgehead atoms. The van der Waals surface area contributed by atoms with Crippen molar-refractivity contribution in [2.45, 2.75) is 38.7 Å². The van der Waals surface area contributed by atoms with E-state index in [1.807, 2.05) is 17.0 Å². The topological polar surface area (TPSA) is 29.5 Å². The van der Waals surface area contributed by atoms with E-state index in [1.165, 1.54) is 5.56 Å². The van der Waals surface area contributed by atoms with Gasteiger partial charge in [-0.05, 0) is 36.5 Å². The summed E-state index contributed by atoms with van der Waals surface area (Å²) in [5.74, 6) is 0.645. The molecule has 3 heteroatoms. The van der Waals surface area contributed by atoms with Crippen LogP contribution in [0.1, 0.15) is 48.5 Å². The molecule has 0 aliphatic carbocycles. The molecule has 1 aliphatic rings. The molecule has 0 spiro atoms. The van der Waals surface area contributed by atoms with Crippen LogP contribution < -0.4 is 0 Å². The molecule has 1 aliphatic heterocycles. The smallest absolute Gasteiger partial charge is 0.253 e. The zero-order valence-corrected chi connectivity index (χ0v) is 12.1. The van der Waals surface area contributed by atoms with Gasteiger partial charge in [-0.1, -0.05) is 26.0 Å². The van der Waals surface area contributed by atoms with Gasteiger partial charge >= 0.3 is 0 Å². The van der Waals surface area contributed by atoms with Crippen LogP contribution in [0.25, 0.3) is 0 Å². The summed E-state index contributed by atoms with van der Waals surface area (Å²) in [5, 5.41) is 0. The Balaban J connectivity index is 2.00. The van der Waals surface area contributed by atoms with Crippen molar-refractivity contribution >= 4 is 5.91 Å². The first-order valence-electron chi connectivity index (χ1n) is 7.04. The third-order valence-electron chi connectivity index (χ3n) is 3.89. The number of likely N-dealkylation sites (tertiary alicyclic amines) is 1. The van der Waals surface area contributed by atoms with Gasteiger partial charge in [0.1, 0.15) is 0 Å². The molecule has 0 atom stereocenters. The van der Waals surface area contributed by atoms with E-state index in [0.29, 0.717) is 12.0 Å². The van der Waals surface area contributed by atoms with E-state index in [9.17, 15) is 4.79 Å². The number of ether oxygens (including phenoxy) is 1. The van der Waals surface area contributed by atoms with Gasteiger partial charge in [-0.2, -0.15) is 0 Å². The SMILES string of the molecule is COC1CCN(C(=O)c2ccc(C(C)C)cc2)CC1. The average molecular weight is 261 g/mol. The molecular weight excluding hydrogens is 238 g/mol. The zero-order chi connectivity index (χ0) is 13.8. The monoisotopic (exact) mass is 261 g/mol. The normalized spacial score (nSPS) is 16.9. The van der Waals surface area contributed by atoms with Crippen molar-refractivity contribution in [2.24, 2.45) is 0 Å². The van der Waals surface area contributed by atoms with Crippen LogP contribution in [0.2, 0.25) is 0 Å². The molecule has 0 aromatic heterocycles. The first-order valence-corrected chi connectivity index (χ1v) is 7.04. The Morgan fingerprint density at radius 3 is 2.26 bits per heavy atom. The van der Waals surface area contributed by atoms with Crippen molar-refractivity contribution in [3.63, 3.8) is 0 Å². The highest BCUT2D eigenvalue weighted by Crippen LogP contribution is 2.18. The fourth-order valence-corrected chi connectivity index (χ4v) is 2.49. The molecule has 0 N–H and O–H groups in total. The summed E-state index contributed by atoms with van der Waals surface area (Å²) in [4.78, 5) is 14.3. The Labute approximate surface area is 115 Å². The number of hydrogen-bond donors (Lipinski definition) is 0. The van der Waals surface area contributed by atoms with Crippen LogP contribution in [0, 0.1) is 0 Å². The van der Waals surface area contributed by atoms with Gasteiger partial charge in [-0.15, -0.1) is 0 Å². The second-order valence-corrected chi connectivity index (χ2v) is 5.50. The number of methoxy groups -OCH3 is 1. The quantitative estimate of drug-likeness (QED) is 0.837. The summed E-state index contributed by atoms with van der Waals surface area (Å²) in [6.07, 6.45) is 2.19. The van der Waals surface area contributed by atoms with Crippen LogP contribution in [0.4, 0.5) is 0 Å². The van der Waals surface area contributed by atoms with Gasteiger partial charge in [-0.3, -0.25) is 4.79 Å². The summed E-state index contributed by atoms with van der Waals surface area (Å²) in [7, 11) is 1.74. The van der Waals surface area contributed by atoms with E-state index in [0.717, 1.165) is 31.5 Å². The molecule has 1 aromatic carbocycles. The van der Waals surface area contributed by atoms with Crippen LogP contribution in [-0.2, 0) is 4.74 Å². The Kier molecular flexibility index (Phi) is 4.59. The zero-order valence-electron chi connectivity index (χ0n) is 12.1. The summed E-state index contributed by atoms with van der Waals surface area (Å²) < 4.78 is 5.33. The fourth-order valence-electron chi connectivity index (χ4n) is 2.49. The average Bonchev–Trinajstić information content (AvgIpc) is 2.46. The van der Waals surface area contributed by atoms with Gasteiger partial charge in [0.05, 0.1) is 6.10 Å². The van der Waals surface area contributed by atoms with E-state index in [2.05, 4.69) is 26.0 Å². The molecule has 1 fully saturated rings. The standard InChI is InChI=1S/C16H23NO2/c1-12(2)13-4-6-14(7-5-13)16(18)17-10-8-15(19-3)9-11-17/h4-7,12,15H,8-11H2,1-3H3. The molecule has 1 saturated heterocycles. The maximum Gasteiger partial charge on any atom is 0.253 e. The van der Waals surface area contributed by atoms with Gasteiger partial charge in [-0.25, -0.2) is 0 Å². The number of hydrogen-bond acceptors (Lipinski definition) is 2. The Hall–Kier alpha value is -1.35. The molecule has 19 heavy (non-hydrogen) atoms. The second kappa shape index (κ2) is 6.20. The second-order valence-electron chi connectivity index (χ2n) is 5.50. The van der Waals surface area contributed by atoms with Crippen LogP contribution >= 0.6 is 0 Å². The lowest BCUT2D eigenvalue weighted by atomic mass is 10.0. The lowest BCUT2D eigenvalue weighted by Gasteiger charge is -2.31. The first kappa shape index (κ1) is 14.1. The van der Waals surface area contributed by atoms with Crippen molar-refractivity contribution in [3.8, 4) is 0 Å². The number of carbonyl (C=O) groups excluding carboxylic acids is 1. The van der Waals surface area contributed by atoms with Crippen LogP contribution in [0.5, 0.6) is 0 Å². The molecule has 104 valence electrons. The number of nitrogens with zero attached hydrogens (tertiary/aromatic N) is 1. The van der Waals surface area contributed by atoms with E-state index in [1.54, 1.807) is 7.11 Å². The summed E-state index contributed by atoms with van der Waals surface area (Å²) in [6.45, 7) is 5.91. The minimum atomic E-state index is 0.143. The molecule has 1 heterocycles. The van der Waals surface area contributed by atoms with E-state index < -0.39 is 0 Å². The minimum absolute atomic E-state index is 0.143. The highest BCUT2D eigenvalue weighted by atomic mass is 16.5. The fraction of sp³-hybridized carbons (Fsp3) is 0.562. The Morgan fingerprint density at radius 2 is 1.79 bits per heavy atom. The van der Waals surface area contributed by atoms with E-state index in [-0.39, 0.29) is 5.91 Å². The molecule has 2 rings (SSSR count). The van der Waals surface area contributed by atoms with Crippen molar-refractivity contribution in [1.82, 2.24) is 4.90 Å². The highest BCUT2D eigenvalue weighted by molar-refractivity contribution is 5.94. The van der Waals surface area contributed by atoms with Crippen molar-refractivity contribution < 1.29 is 9.53 Å². The number of benzene rings is 1. The predicted octanol–water partition coefficient (Wildman–Crippen LogP) is 3.06. The molecule has 0 unspecified atom stereocenters. The number of amides is 1. The lowest BCUT2D eigenvalue weighted by molar-refractivity contribution is 0.0351. The van der Waals surface area contributed by atoms with Gasteiger partial charge in [0.2, 0.25) is 0 Å². The maximum absolute atomic E-state index is 12.4. The molecule has 0 saturated carbocycles. The third-order valence-corrected chi connectivity index (χ3v) is 3.89. The van der Waals surface area contributed by atoms with Crippen molar-refractivity contribution in [3.05, 3.63) is 35.4 Å². The predicted molar refractivity (Wildman–Crippen MR) is 76.5 cm³/mol. The molecule has 1 aromatic rings.